The average Bonchev–Trinajstić information content (AvgIpc) is 2.60. The summed E-state index contributed by atoms with van der Waals surface area (Å²) in [6.07, 6.45) is 0.314. The van der Waals surface area contributed by atoms with E-state index in [0.717, 1.165) is 11.6 Å². The second kappa shape index (κ2) is 9.10. The molecule has 0 fully saturated rings. The summed E-state index contributed by atoms with van der Waals surface area (Å²) in [4.78, 5) is 35.6. The molecule has 0 heterocycles. The lowest BCUT2D eigenvalue weighted by Gasteiger charge is -2.16. The van der Waals surface area contributed by atoms with Gasteiger partial charge < -0.3 is 10.1 Å². The molecule has 2 aromatic rings. The fraction of sp³-hybridized carbons (Fsp3) is 0.211. The van der Waals surface area contributed by atoms with Crippen LogP contribution < -0.4 is 5.32 Å². The van der Waals surface area contributed by atoms with Crippen LogP contribution in [0.3, 0.4) is 0 Å². The second-order valence-corrected chi connectivity index (χ2v) is 6.00. The molecule has 0 aliphatic rings. The van der Waals surface area contributed by atoms with Crippen LogP contribution in [-0.2, 0) is 20.7 Å². The number of esters is 1. The number of amides is 1. The molecule has 0 bridgehead atoms. The van der Waals surface area contributed by atoms with E-state index in [1.807, 2.05) is 30.3 Å². The Morgan fingerprint density at radius 2 is 1.81 bits per heavy atom. The van der Waals surface area contributed by atoms with Crippen LogP contribution in [0.15, 0.2) is 48.5 Å². The Hall–Kier alpha value is -2.73. The first kappa shape index (κ1) is 19.6. The van der Waals surface area contributed by atoms with Crippen molar-refractivity contribution in [2.45, 2.75) is 19.4 Å². The molecule has 0 saturated carbocycles. The van der Waals surface area contributed by atoms with Crippen LogP contribution in [-0.4, -0.2) is 30.3 Å². The zero-order valence-corrected chi connectivity index (χ0v) is 14.8. The number of carbonyl (C=O) groups excluding carboxylic acids is 3. The van der Waals surface area contributed by atoms with Crippen molar-refractivity contribution < 1.29 is 23.5 Å². The third kappa shape index (κ3) is 5.39. The smallest absolute Gasteiger partial charge is 0.343 e. The van der Waals surface area contributed by atoms with E-state index in [9.17, 15) is 18.8 Å². The molecule has 136 valence electrons. The van der Waals surface area contributed by atoms with E-state index >= 15 is 0 Å². The summed E-state index contributed by atoms with van der Waals surface area (Å²) < 4.78 is 18.4. The molecule has 1 amide bonds. The highest BCUT2D eigenvalue weighted by molar-refractivity contribution is 6.33. The molecule has 0 aromatic heterocycles. The van der Waals surface area contributed by atoms with E-state index in [1.165, 1.54) is 19.1 Å². The van der Waals surface area contributed by atoms with Gasteiger partial charge in [-0.05, 0) is 31.0 Å². The van der Waals surface area contributed by atoms with E-state index < -0.39 is 35.9 Å². The fourth-order valence-electron chi connectivity index (χ4n) is 2.28. The summed E-state index contributed by atoms with van der Waals surface area (Å²) >= 11 is 5.77. The molecule has 0 aliphatic heterocycles. The molecular formula is C19H17ClFNO4. The minimum absolute atomic E-state index is 0.110. The van der Waals surface area contributed by atoms with Crippen LogP contribution in [0.4, 0.5) is 4.39 Å². The maximum absolute atomic E-state index is 13.7. The largest absolute Gasteiger partial charge is 0.452 e. The van der Waals surface area contributed by atoms with Crippen LogP contribution in [0.1, 0.15) is 22.8 Å². The van der Waals surface area contributed by atoms with Gasteiger partial charge in [-0.3, -0.25) is 9.59 Å². The highest BCUT2D eigenvalue weighted by Crippen LogP contribution is 2.19. The van der Waals surface area contributed by atoms with Gasteiger partial charge in [-0.1, -0.05) is 48.0 Å². The first-order valence-electron chi connectivity index (χ1n) is 7.83. The van der Waals surface area contributed by atoms with Crippen molar-refractivity contribution in [3.8, 4) is 0 Å². The van der Waals surface area contributed by atoms with Gasteiger partial charge in [0.25, 0.3) is 5.91 Å². The standard InChI is InChI=1S/C19H17ClFNO4/c1-12(23)16(10-13-6-3-2-4-7-13)22-17(24)11-26-19(25)18-14(20)8-5-9-15(18)21/h2-9,16H,10-11H2,1H3,(H,22,24)/t16-/m1/s1. The summed E-state index contributed by atoms with van der Waals surface area (Å²) in [5.41, 5.74) is 0.442. The highest BCUT2D eigenvalue weighted by Gasteiger charge is 2.21. The summed E-state index contributed by atoms with van der Waals surface area (Å²) in [5, 5.41) is 2.40. The molecule has 0 spiro atoms. The molecular weight excluding hydrogens is 361 g/mol. The van der Waals surface area contributed by atoms with Crippen LogP contribution >= 0.6 is 11.6 Å². The second-order valence-electron chi connectivity index (χ2n) is 5.59. The lowest BCUT2D eigenvalue weighted by molar-refractivity contribution is -0.128. The summed E-state index contributed by atoms with van der Waals surface area (Å²) in [6, 6.07) is 12.2. The molecule has 0 saturated heterocycles. The topological polar surface area (TPSA) is 72.5 Å². The van der Waals surface area contributed by atoms with Gasteiger partial charge in [-0.15, -0.1) is 0 Å². The number of Topliss-reactive ketones (excluding diaryl/α,β-unsaturated/α-hetero) is 1. The molecule has 1 N–H and O–H groups in total. The quantitative estimate of drug-likeness (QED) is 0.753. The van der Waals surface area contributed by atoms with Crippen molar-refractivity contribution in [1.29, 1.82) is 0 Å². The molecule has 0 unspecified atom stereocenters. The van der Waals surface area contributed by atoms with E-state index in [4.69, 9.17) is 16.3 Å². The third-order valence-corrected chi connectivity index (χ3v) is 3.92. The normalized spacial score (nSPS) is 11.5. The molecule has 0 aliphatic carbocycles. The van der Waals surface area contributed by atoms with Gasteiger partial charge in [-0.2, -0.15) is 0 Å². The van der Waals surface area contributed by atoms with Crippen LogP contribution in [0.5, 0.6) is 0 Å². The minimum Gasteiger partial charge on any atom is -0.452 e. The Labute approximate surface area is 155 Å². The van der Waals surface area contributed by atoms with Crippen molar-refractivity contribution in [2.75, 3.05) is 6.61 Å². The number of rotatable bonds is 7. The summed E-state index contributed by atoms with van der Waals surface area (Å²) in [7, 11) is 0. The minimum atomic E-state index is -1.05. The van der Waals surface area contributed by atoms with E-state index in [0.29, 0.717) is 6.42 Å². The number of benzene rings is 2. The molecule has 2 rings (SSSR count). The van der Waals surface area contributed by atoms with E-state index in [1.54, 1.807) is 0 Å². The van der Waals surface area contributed by atoms with Crippen molar-refractivity contribution in [1.82, 2.24) is 5.32 Å². The van der Waals surface area contributed by atoms with E-state index in [-0.39, 0.29) is 10.8 Å². The van der Waals surface area contributed by atoms with Crippen LogP contribution in [0, 0.1) is 5.82 Å². The van der Waals surface area contributed by atoms with Gasteiger partial charge in [0.2, 0.25) is 0 Å². The SMILES string of the molecule is CC(=O)[C@@H](Cc1ccccc1)NC(=O)COC(=O)c1c(F)cccc1Cl. The molecule has 1 atom stereocenters. The Morgan fingerprint density at radius 3 is 2.42 bits per heavy atom. The summed E-state index contributed by atoms with van der Waals surface area (Å²) in [6.45, 7) is 0.709. The third-order valence-electron chi connectivity index (χ3n) is 3.61. The Bertz CT molecular complexity index is 790. The fourth-order valence-corrected chi connectivity index (χ4v) is 2.52. The number of nitrogens with one attached hydrogen (secondary N) is 1. The highest BCUT2D eigenvalue weighted by atomic mass is 35.5. The van der Waals surface area contributed by atoms with Gasteiger partial charge in [0.05, 0.1) is 11.1 Å². The van der Waals surface area contributed by atoms with Gasteiger partial charge in [0, 0.05) is 0 Å². The maximum atomic E-state index is 13.7. The number of ketones is 1. The molecule has 26 heavy (non-hydrogen) atoms. The Balaban J connectivity index is 1.94. The lowest BCUT2D eigenvalue weighted by Crippen LogP contribution is -2.43. The van der Waals surface area contributed by atoms with Gasteiger partial charge >= 0.3 is 5.97 Å². The maximum Gasteiger partial charge on any atom is 0.343 e. The number of hydrogen-bond acceptors (Lipinski definition) is 4. The van der Waals surface area contributed by atoms with Crippen LogP contribution in [0.25, 0.3) is 0 Å². The number of halogens is 2. The Morgan fingerprint density at radius 1 is 1.12 bits per heavy atom. The Kier molecular flexibility index (Phi) is 6.86. The predicted octanol–water partition coefficient (Wildman–Crippen LogP) is 2.95. The zero-order valence-electron chi connectivity index (χ0n) is 14.0. The van der Waals surface area contributed by atoms with Gasteiger partial charge in [0.15, 0.2) is 12.4 Å². The van der Waals surface area contributed by atoms with Crippen molar-refractivity contribution in [3.63, 3.8) is 0 Å². The number of hydrogen-bond donors (Lipinski definition) is 1. The molecule has 2 aromatic carbocycles. The zero-order chi connectivity index (χ0) is 19.1. The molecule has 7 heteroatoms. The predicted molar refractivity (Wildman–Crippen MR) is 94.5 cm³/mol. The van der Waals surface area contributed by atoms with Crippen molar-refractivity contribution in [2.24, 2.45) is 0 Å². The molecule has 5 nitrogen and oxygen atoms in total. The monoisotopic (exact) mass is 377 g/mol. The first-order chi connectivity index (χ1) is 12.4. The molecule has 0 radical (unpaired) electrons. The average molecular weight is 378 g/mol. The van der Waals surface area contributed by atoms with E-state index in [2.05, 4.69) is 5.32 Å². The van der Waals surface area contributed by atoms with Gasteiger partial charge in [-0.25, -0.2) is 9.18 Å². The summed E-state index contributed by atoms with van der Waals surface area (Å²) in [5.74, 6) is -2.79. The lowest BCUT2D eigenvalue weighted by atomic mass is 10.0. The van der Waals surface area contributed by atoms with Crippen molar-refractivity contribution >= 4 is 29.3 Å². The first-order valence-corrected chi connectivity index (χ1v) is 8.21. The van der Waals surface area contributed by atoms with Crippen molar-refractivity contribution in [3.05, 3.63) is 70.5 Å². The number of ether oxygens (including phenoxy) is 1. The van der Waals surface area contributed by atoms with Crippen LogP contribution in [0.2, 0.25) is 5.02 Å². The van der Waals surface area contributed by atoms with Gasteiger partial charge in [0.1, 0.15) is 11.4 Å². The number of carbonyl (C=O) groups is 3.